The first-order chi connectivity index (χ1) is 12.0. The van der Waals surface area contributed by atoms with E-state index in [0.29, 0.717) is 6.54 Å². The molecule has 0 saturated carbocycles. The van der Waals surface area contributed by atoms with E-state index in [9.17, 15) is 13.2 Å². The Kier molecular flexibility index (Phi) is 5.47. The Bertz CT molecular complexity index is 671. The number of anilines is 1. The van der Waals surface area contributed by atoms with Gasteiger partial charge in [-0.15, -0.1) is 0 Å². The molecule has 0 unspecified atom stereocenters. The summed E-state index contributed by atoms with van der Waals surface area (Å²) in [7, 11) is 0. The summed E-state index contributed by atoms with van der Waals surface area (Å²) in [5.74, 6) is -0.0132. The predicted molar refractivity (Wildman–Crippen MR) is 87.9 cm³/mol. The average Bonchev–Trinajstić information content (AvgIpc) is 2.63. The van der Waals surface area contributed by atoms with E-state index in [1.54, 1.807) is 12.4 Å². The van der Waals surface area contributed by atoms with Crippen LogP contribution in [0.25, 0.3) is 0 Å². The Balaban J connectivity index is 1.74. The molecule has 0 aliphatic carbocycles. The first-order valence-electron chi connectivity index (χ1n) is 8.32. The summed E-state index contributed by atoms with van der Waals surface area (Å²) in [6, 6.07) is 4.75. The summed E-state index contributed by atoms with van der Waals surface area (Å²) in [5.41, 5.74) is 0.0878. The van der Waals surface area contributed by atoms with E-state index in [1.807, 2.05) is 12.1 Å². The molecule has 1 atom stereocenters. The number of rotatable bonds is 5. The van der Waals surface area contributed by atoms with Crippen molar-refractivity contribution in [2.45, 2.75) is 31.5 Å². The zero-order valence-electron chi connectivity index (χ0n) is 13.7. The van der Waals surface area contributed by atoms with Crippen LogP contribution in [0.4, 0.5) is 19.1 Å². The Morgan fingerprint density at radius 3 is 2.60 bits per heavy atom. The smallest absolute Gasteiger partial charge is 0.352 e. The van der Waals surface area contributed by atoms with Gasteiger partial charge in [0, 0.05) is 25.1 Å². The van der Waals surface area contributed by atoms with Gasteiger partial charge in [-0.05, 0) is 43.6 Å². The van der Waals surface area contributed by atoms with Gasteiger partial charge in [0.2, 0.25) is 5.95 Å². The summed E-state index contributed by atoms with van der Waals surface area (Å²) in [6.07, 6.45) is 3.61. The van der Waals surface area contributed by atoms with Crippen LogP contribution in [0.1, 0.15) is 36.6 Å². The number of hydrogen-bond acceptors (Lipinski definition) is 5. The van der Waals surface area contributed by atoms with Gasteiger partial charge < -0.3 is 5.32 Å². The molecule has 8 heteroatoms. The molecule has 0 aromatic carbocycles. The van der Waals surface area contributed by atoms with Crippen molar-refractivity contribution < 1.29 is 13.2 Å². The van der Waals surface area contributed by atoms with E-state index in [1.165, 1.54) is 6.42 Å². The van der Waals surface area contributed by atoms with E-state index < -0.39 is 11.9 Å². The number of nitrogens with one attached hydrogen (secondary N) is 1. The zero-order valence-corrected chi connectivity index (χ0v) is 13.7. The number of halogens is 3. The van der Waals surface area contributed by atoms with Crippen molar-refractivity contribution in [1.82, 2.24) is 19.9 Å². The maximum atomic E-state index is 12.8. The fourth-order valence-electron chi connectivity index (χ4n) is 3.05. The average molecular weight is 351 g/mol. The molecule has 1 saturated heterocycles. The second-order valence-corrected chi connectivity index (χ2v) is 6.04. The minimum Gasteiger partial charge on any atom is -0.352 e. The summed E-state index contributed by atoms with van der Waals surface area (Å²) in [5, 5.41) is 2.96. The first-order valence-corrected chi connectivity index (χ1v) is 8.32. The van der Waals surface area contributed by atoms with E-state index in [0.717, 1.165) is 43.8 Å². The van der Waals surface area contributed by atoms with Crippen molar-refractivity contribution in [3.8, 4) is 0 Å². The van der Waals surface area contributed by atoms with Crippen molar-refractivity contribution in [3.05, 3.63) is 48.0 Å². The van der Waals surface area contributed by atoms with Gasteiger partial charge in [-0.25, -0.2) is 9.97 Å². The molecular formula is C17H20F3N5. The molecule has 0 amide bonds. The highest BCUT2D eigenvalue weighted by Gasteiger charge is 2.33. The normalized spacial score (nSPS) is 17.2. The molecule has 3 rings (SSSR count). The van der Waals surface area contributed by atoms with Crippen LogP contribution in [0.3, 0.4) is 0 Å². The monoisotopic (exact) mass is 351 g/mol. The molecule has 0 bridgehead atoms. The quantitative estimate of drug-likeness (QED) is 0.893. The van der Waals surface area contributed by atoms with Crippen LogP contribution < -0.4 is 5.32 Å². The molecule has 0 spiro atoms. The number of pyridine rings is 1. The van der Waals surface area contributed by atoms with Crippen LogP contribution >= 0.6 is 0 Å². The van der Waals surface area contributed by atoms with Crippen LogP contribution in [-0.2, 0) is 6.18 Å². The number of likely N-dealkylation sites (tertiary alicyclic amines) is 1. The minimum absolute atomic E-state index is 0.0132. The van der Waals surface area contributed by atoms with E-state index >= 15 is 0 Å². The number of hydrogen-bond donors (Lipinski definition) is 1. The van der Waals surface area contributed by atoms with Gasteiger partial charge in [-0.1, -0.05) is 12.5 Å². The van der Waals surface area contributed by atoms with Gasteiger partial charge in [0.15, 0.2) is 0 Å². The second-order valence-electron chi connectivity index (χ2n) is 6.04. The first kappa shape index (κ1) is 17.6. The highest BCUT2D eigenvalue weighted by Crippen LogP contribution is 2.28. The maximum Gasteiger partial charge on any atom is 0.433 e. The fraction of sp³-hybridized carbons (Fsp3) is 0.471. The highest BCUT2D eigenvalue weighted by atomic mass is 19.4. The van der Waals surface area contributed by atoms with Crippen LogP contribution in [0.2, 0.25) is 0 Å². The predicted octanol–water partition coefficient (Wildman–Crippen LogP) is 3.53. The molecule has 0 radical (unpaired) electrons. The molecule has 2 aromatic heterocycles. The molecule has 5 nitrogen and oxygen atoms in total. The SMILES string of the molecule is FC(F)(F)c1ccnc(NC[C@@H](c2cccnc2)N2CCCCC2)n1. The summed E-state index contributed by atoms with van der Waals surface area (Å²) in [6.45, 7) is 2.35. The van der Waals surface area contributed by atoms with Crippen molar-refractivity contribution in [3.63, 3.8) is 0 Å². The van der Waals surface area contributed by atoms with Crippen molar-refractivity contribution >= 4 is 5.95 Å². The van der Waals surface area contributed by atoms with E-state index in [4.69, 9.17) is 0 Å². The zero-order chi connectivity index (χ0) is 17.7. The van der Waals surface area contributed by atoms with Crippen molar-refractivity contribution in [2.24, 2.45) is 0 Å². The number of piperidine rings is 1. The van der Waals surface area contributed by atoms with Crippen LogP contribution in [0.5, 0.6) is 0 Å². The van der Waals surface area contributed by atoms with Gasteiger partial charge in [-0.2, -0.15) is 13.2 Å². The molecule has 1 N–H and O–H groups in total. The Morgan fingerprint density at radius 2 is 1.92 bits per heavy atom. The third kappa shape index (κ3) is 4.66. The third-order valence-electron chi connectivity index (χ3n) is 4.30. The van der Waals surface area contributed by atoms with Crippen LogP contribution in [0.15, 0.2) is 36.8 Å². The van der Waals surface area contributed by atoms with Crippen molar-refractivity contribution in [2.75, 3.05) is 25.0 Å². The van der Waals surface area contributed by atoms with Crippen LogP contribution in [-0.4, -0.2) is 39.5 Å². The number of aromatic nitrogens is 3. The standard InChI is InChI=1S/C17H20F3N5/c18-17(19,20)15-6-8-22-16(24-15)23-12-14(13-5-4-7-21-11-13)25-9-2-1-3-10-25/h4-8,11,14H,1-3,9-10,12H2,(H,22,23,24)/t14-/m0/s1. The largest absolute Gasteiger partial charge is 0.433 e. The minimum atomic E-state index is -4.48. The molecule has 2 aromatic rings. The molecular weight excluding hydrogens is 331 g/mol. The van der Waals surface area contributed by atoms with Gasteiger partial charge in [0.25, 0.3) is 0 Å². The lowest BCUT2D eigenvalue weighted by Crippen LogP contribution is -2.37. The third-order valence-corrected chi connectivity index (χ3v) is 4.30. The van der Waals surface area contributed by atoms with Crippen molar-refractivity contribution in [1.29, 1.82) is 0 Å². The molecule has 25 heavy (non-hydrogen) atoms. The van der Waals surface area contributed by atoms with Gasteiger partial charge in [0.1, 0.15) is 5.69 Å². The lowest BCUT2D eigenvalue weighted by atomic mass is 10.0. The summed E-state index contributed by atoms with van der Waals surface area (Å²) in [4.78, 5) is 14.0. The lowest BCUT2D eigenvalue weighted by molar-refractivity contribution is -0.141. The van der Waals surface area contributed by atoms with Gasteiger partial charge in [0.05, 0.1) is 6.04 Å². The number of nitrogens with zero attached hydrogens (tertiary/aromatic N) is 4. The molecule has 134 valence electrons. The summed E-state index contributed by atoms with van der Waals surface area (Å²) >= 11 is 0. The molecule has 1 aliphatic rings. The fourth-order valence-corrected chi connectivity index (χ4v) is 3.05. The van der Waals surface area contributed by atoms with Gasteiger partial charge in [-0.3, -0.25) is 9.88 Å². The maximum absolute atomic E-state index is 12.8. The molecule has 1 aliphatic heterocycles. The van der Waals surface area contributed by atoms with E-state index in [2.05, 4.69) is 25.2 Å². The van der Waals surface area contributed by atoms with Gasteiger partial charge >= 0.3 is 6.18 Å². The second kappa shape index (κ2) is 7.77. The molecule has 1 fully saturated rings. The highest BCUT2D eigenvalue weighted by molar-refractivity contribution is 5.28. The Labute approximate surface area is 144 Å². The number of alkyl halides is 3. The topological polar surface area (TPSA) is 53.9 Å². The Morgan fingerprint density at radius 1 is 1.12 bits per heavy atom. The Hall–Kier alpha value is -2.22. The van der Waals surface area contributed by atoms with Crippen LogP contribution in [0, 0.1) is 0 Å². The molecule has 3 heterocycles. The summed E-state index contributed by atoms with van der Waals surface area (Å²) < 4.78 is 38.4. The van der Waals surface area contributed by atoms with E-state index in [-0.39, 0.29) is 12.0 Å². The lowest BCUT2D eigenvalue weighted by Gasteiger charge is -2.34.